The summed E-state index contributed by atoms with van der Waals surface area (Å²) in [5, 5.41) is 26.4. The van der Waals surface area contributed by atoms with Gasteiger partial charge in [0.25, 0.3) is 0 Å². The Morgan fingerprint density at radius 3 is 2.03 bits per heavy atom. The van der Waals surface area contributed by atoms with Crippen LogP contribution in [-0.2, 0) is 24.0 Å². The van der Waals surface area contributed by atoms with Crippen molar-refractivity contribution in [3.63, 3.8) is 0 Å². The molecule has 0 rings (SSSR count). The molecule has 11 N–H and O–H groups in total. The van der Waals surface area contributed by atoms with Crippen molar-refractivity contribution in [2.75, 3.05) is 18.6 Å². The Hall–Kier alpha value is -2.42. The van der Waals surface area contributed by atoms with Crippen molar-refractivity contribution in [1.29, 1.82) is 0 Å². The third-order valence-corrected chi connectivity index (χ3v) is 5.55. The van der Waals surface area contributed by atoms with Gasteiger partial charge in [0.05, 0.1) is 12.1 Å². The number of carboxylic acid groups (broad SMARTS) is 1. The van der Waals surface area contributed by atoms with Crippen LogP contribution in [0, 0.1) is 0 Å². The van der Waals surface area contributed by atoms with Gasteiger partial charge >= 0.3 is 5.97 Å². The lowest BCUT2D eigenvalue weighted by Gasteiger charge is -2.26. The van der Waals surface area contributed by atoms with Crippen molar-refractivity contribution in [2.45, 2.75) is 75.7 Å². The molecule has 196 valence electrons. The van der Waals surface area contributed by atoms with E-state index in [0.29, 0.717) is 31.6 Å². The largest absolute Gasteiger partial charge is 0.480 e. The minimum atomic E-state index is -1.50. The summed E-state index contributed by atoms with van der Waals surface area (Å²) in [5.41, 5.74) is 16.3. The number of amides is 4. The smallest absolute Gasteiger partial charge is 0.326 e. The van der Waals surface area contributed by atoms with Crippen LogP contribution in [0.5, 0.6) is 0 Å². The maximum atomic E-state index is 12.9. The van der Waals surface area contributed by atoms with E-state index in [-0.39, 0.29) is 19.3 Å². The molecule has 14 heteroatoms. The second-order valence-corrected chi connectivity index (χ2v) is 8.85. The molecule has 0 fully saturated rings. The summed E-state index contributed by atoms with van der Waals surface area (Å²) in [7, 11) is 0. The van der Waals surface area contributed by atoms with E-state index in [1.54, 1.807) is 0 Å². The highest BCUT2D eigenvalue weighted by molar-refractivity contribution is 7.98. The zero-order chi connectivity index (χ0) is 26.3. The monoisotopic (exact) mass is 506 g/mol. The molecule has 5 atom stereocenters. The molecule has 0 heterocycles. The van der Waals surface area contributed by atoms with Crippen molar-refractivity contribution in [1.82, 2.24) is 16.0 Å². The Morgan fingerprint density at radius 2 is 1.53 bits per heavy atom. The first-order chi connectivity index (χ1) is 15.9. The van der Waals surface area contributed by atoms with Crippen LogP contribution in [0.25, 0.3) is 0 Å². The standard InChI is InChI=1S/C20H38N6O7S/c1-11(27)16(19(31)25-14(20(32)33)6-7-15(23)28)26-18(30)13(8-10-34-2)24-17(29)12(22)5-3-4-9-21/h11-14,16,27H,3-10,21-22H2,1-2H3,(H2,23,28)(H,24,29)(H,25,31)(H,26,30)(H,32,33). The number of nitrogens with one attached hydrogen (secondary N) is 3. The van der Waals surface area contributed by atoms with E-state index in [9.17, 15) is 34.2 Å². The third-order valence-electron chi connectivity index (χ3n) is 4.91. The fourth-order valence-electron chi connectivity index (χ4n) is 2.89. The van der Waals surface area contributed by atoms with Crippen LogP contribution < -0.4 is 33.2 Å². The highest BCUT2D eigenvalue weighted by Crippen LogP contribution is 2.06. The number of carboxylic acids is 1. The summed E-state index contributed by atoms with van der Waals surface area (Å²) < 4.78 is 0. The number of hydrogen-bond acceptors (Lipinski definition) is 9. The predicted molar refractivity (Wildman–Crippen MR) is 127 cm³/mol. The van der Waals surface area contributed by atoms with E-state index in [1.165, 1.54) is 18.7 Å². The minimum absolute atomic E-state index is 0.235. The average molecular weight is 507 g/mol. The van der Waals surface area contributed by atoms with E-state index in [1.807, 2.05) is 6.26 Å². The number of hydrogen-bond donors (Lipinski definition) is 8. The molecule has 34 heavy (non-hydrogen) atoms. The Balaban J connectivity index is 5.30. The Kier molecular flexibility index (Phi) is 15.9. The van der Waals surface area contributed by atoms with E-state index >= 15 is 0 Å². The Labute approximate surface area is 203 Å². The zero-order valence-corrected chi connectivity index (χ0v) is 20.4. The van der Waals surface area contributed by atoms with Crippen LogP contribution in [0.15, 0.2) is 0 Å². The number of aliphatic hydroxyl groups excluding tert-OH is 1. The van der Waals surface area contributed by atoms with Crippen molar-refractivity contribution < 1.29 is 34.2 Å². The van der Waals surface area contributed by atoms with Crippen LogP contribution in [0.3, 0.4) is 0 Å². The minimum Gasteiger partial charge on any atom is -0.480 e. The summed E-state index contributed by atoms with van der Waals surface area (Å²) in [6.45, 7) is 1.72. The van der Waals surface area contributed by atoms with Gasteiger partial charge in [-0.25, -0.2) is 4.79 Å². The Bertz CT molecular complexity index is 694. The maximum Gasteiger partial charge on any atom is 0.326 e. The number of rotatable bonds is 18. The van der Waals surface area contributed by atoms with Crippen LogP contribution in [0.2, 0.25) is 0 Å². The van der Waals surface area contributed by atoms with Crippen molar-refractivity contribution in [3.8, 4) is 0 Å². The van der Waals surface area contributed by atoms with Gasteiger partial charge in [-0.1, -0.05) is 6.42 Å². The fourth-order valence-corrected chi connectivity index (χ4v) is 3.36. The highest BCUT2D eigenvalue weighted by atomic mass is 32.2. The third kappa shape index (κ3) is 12.7. The molecule has 0 aliphatic carbocycles. The molecule has 0 bridgehead atoms. The number of aliphatic carboxylic acids is 1. The second kappa shape index (κ2) is 17.1. The van der Waals surface area contributed by atoms with Gasteiger partial charge < -0.3 is 43.4 Å². The van der Waals surface area contributed by atoms with Gasteiger partial charge in [0, 0.05) is 6.42 Å². The van der Waals surface area contributed by atoms with Crippen LogP contribution in [-0.4, -0.2) is 88.6 Å². The van der Waals surface area contributed by atoms with Crippen molar-refractivity contribution in [3.05, 3.63) is 0 Å². The normalized spacial score (nSPS) is 15.3. The lowest BCUT2D eigenvalue weighted by atomic mass is 10.1. The molecule has 0 aromatic heterocycles. The SMILES string of the molecule is CSCCC(NC(=O)C(N)CCCCN)C(=O)NC(C(=O)NC(CCC(N)=O)C(=O)O)C(C)O. The summed E-state index contributed by atoms with van der Waals surface area (Å²) >= 11 is 1.44. The van der Waals surface area contributed by atoms with Gasteiger partial charge in [-0.05, 0) is 51.2 Å². The fraction of sp³-hybridized carbons (Fsp3) is 0.750. The molecule has 0 radical (unpaired) electrons. The molecule has 13 nitrogen and oxygen atoms in total. The zero-order valence-electron chi connectivity index (χ0n) is 19.6. The number of carbonyl (C=O) groups is 5. The molecule has 0 aliphatic heterocycles. The van der Waals surface area contributed by atoms with Gasteiger partial charge in [0.15, 0.2) is 0 Å². The van der Waals surface area contributed by atoms with E-state index in [0.717, 1.165) is 0 Å². The first kappa shape index (κ1) is 31.6. The van der Waals surface area contributed by atoms with Crippen LogP contribution in [0.4, 0.5) is 0 Å². The first-order valence-corrected chi connectivity index (χ1v) is 12.4. The van der Waals surface area contributed by atoms with Gasteiger partial charge in [-0.2, -0.15) is 11.8 Å². The maximum absolute atomic E-state index is 12.9. The summed E-state index contributed by atoms with van der Waals surface area (Å²) in [6.07, 6.45) is 1.88. The molecule has 0 aromatic rings. The number of primary amides is 1. The molecule has 0 spiro atoms. The van der Waals surface area contributed by atoms with Gasteiger partial charge in [0.1, 0.15) is 18.1 Å². The number of carbonyl (C=O) groups excluding carboxylic acids is 4. The van der Waals surface area contributed by atoms with Crippen molar-refractivity contribution >= 4 is 41.4 Å². The van der Waals surface area contributed by atoms with Gasteiger partial charge in [-0.3, -0.25) is 19.2 Å². The van der Waals surface area contributed by atoms with Crippen LogP contribution >= 0.6 is 11.8 Å². The number of aliphatic hydroxyl groups is 1. The molecule has 0 saturated heterocycles. The topological polar surface area (TPSA) is 240 Å². The molecular weight excluding hydrogens is 468 g/mol. The quantitative estimate of drug-likeness (QED) is 0.0900. The molecular formula is C20H38N6O7S. The van der Waals surface area contributed by atoms with Crippen LogP contribution in [0.1, 0.15) is 45.4 Å². The second-order valence-electron chi connectivity index (χ2n) is 7.86. The molecule has 0 saturated carbocycles. The highest BCUT2D eigenvalue weighted by Gasteiger charge is 2.32. The van der Waals surface area contributed by atoms with Gasteiger partial charge in [-0.15, -0.1) is 0 Å². The van der Waals surface area contributed by atoms with E-state index in [4.69, 9.17) is 17.2 Å². The summed E-state index contributed by atoms with van der Waals surface area (Å²) in [5.74, 6) is -3.86. The van der Waals surface area contributed by atoms with Gasteiger partial charge in [0.2, 0.25) is 23.6 Å². The average Bonchev–Trinajstić information content (AvgIpc) is 2.76. The first-order valence-electron chi connectivity index (χ1n) is 11.0. The summed E-state index contributed by atoms with van der Waals surface area (Å²) in [6, 6.07) is -4.82. The lowest BCUT2D eigenvalue weighted by molar-refractivity contribution is -0.143. The van der Waals surface area contributed by atoms with Crippen molar-refractivity contribution in [2.24, 2.45) is 17.2 Å². The predicted octanol–water partition coefficient (Wildman–Crippen LogP) is -2.62. The van der Waals surface area contributed by atoms with E-state index in [2.05, 4.69) is 16.0 Å². The Morgan fingerprint density at radius 1 is 0.912 bits per heavy atom. The number of nitrogens with two attached hydrogens (primary N) is 3. The molecule has 0 aromatic carbocycles. The molecule has 5 unspecified atom stereocenters. The molecule has 0 aliphatic rings. The number of unbranched alkanes of at least 4 members (excludes halogenated alkanes) is 1. The van der Waals surface area contributed by atoms with E-state index < -0.39 is 59.9 Å². The number of thioether (sulfide) groups is 1. The lowest BCUT2D eigenvalue weighted by Crippen LogP contribution is -2.60. The molecule has 4 amide bonds. The summed E-state index contributed by atoms with van der Waals surface area (Å²) in [4.78, 5) is 60.2.